The van der Waals surface area contributed by atoms with Crippen LogP contribution < -0.4 is 23.8 Å². The summed E-state index contributed by atoms with van der Waals surface area (Å²) in [5.74, 6) is 0.123. The molecule has 4 aromatic rings. The Labute approximate surface area is 246 Å². The zero-order valence-corrected chi connectivity index (χ0v) is 24.3. The van der Waals surface area contributed by atoms with Crippen molar-refractivity contribution in [3.63, 3.8) is 0 Å². The number of hydrogen-bond donors (Lipinski definition) is 1. The molecule has 2 aliphatic heterocycles. The number of ether oxygens (including phenoxy) is 4. The van der Waals surface area contributed by atoms with Crippen LogP contribution in [0.5, 0.6) is 23.0 Å². The van der Waals surface area contributed by atoms with Gasteiger partial charge in [0.1, 0.15) is 19.0 Å². The molecule has 0 saturated carbocycles. The van der Waals surface area contributed by atoms with Gasteiger partial charge in [-0.25, -0.2) is 4.98 Å². The average molecular weight is 587 g/mol. The lowest BCUT2D eigenvalue weighted by atomic mass is 9.95. The van der Waals surface area contributed by atoms with Gasteiger partial charge in [0.15, 0.2) is 28.1 Å². The average Bonchev–Trinajstić information content (AvgIpc) is 3.53. The van der Waals surface area contributed by atoms with Crippen LogP contribution in [0.15, 0.2) is 60.2 Å². The van der Waals surface area contributed by atoms with Crippen LogP contribution in [0.2, 0.25) is 0 Å². The number of amides is 1. The molecule has 6 rings (SSSR count). The third kappa shape index (κ3) is 4.92. The number of benzene rings is 3. The smallest absolute Gasteiger partial charge is 0.301 e. The molecular weight excluding hydrogens is 556 g/mol. The summed E-state index contributed by atoms with van der Waals surface area (Å²) in [7, 11) is 0. The number of carbonyl (C=O) groups excluding carboxylic acids is 2. The number of Topliss-reactive ketones (excluding diaryl/α,β-unsaturated/α-hetero) is 1. The fourth-order valence-corrected chi connectivity index (χ4v) is 6.20. The SMILES string of the molecule is CCCOc1ccc([C@H]2/C(=C(\O)c3ccc4c(c3)OCCO4)C(=O)C(=O)N2c2nc3ccc(C)cc3s2)cc1OCC. The first-order valence-electron chi connectivity index (χ1n) is 13.9. The van der Waals surface area contributed by atoms with Crippen molar-refractivity contribution < 1.29 is 33.6 Å². The second kappa shape index (κ2) is 11.4. The van der Waals surface area contributed by atoms with E-state index >= 15 is 0 Å². The van der Waals surface area contributed by atoms with E-state index in [1.807, 2.05) is 39.0 Å². The predicted molar refractivity (Wildman–Crippen MR) is 160 cm³/mol. The number of aryl methyl sites for hydroxylation is 1. The third-order valence-corrected chi connectivity index (χ3v) is 8.06. The number of aromatic nitrogens is 1. The van der Waals surface area contributed by atoms with Crippen LogP contribution in [0.1, 0.15) is 43.0 Å². The molecule has 1 amide bonds. The second-order valence-corrected chi connectivity index (χ2v) is 11.0. The molecule has 3 aromatic carbocycles. The quantitative estimate of drug-likeness (QED) is 0.148. The minimum atomic E-state index is -0.973. The molecular formula is C32H30N2O7S. The number of hydrogen-bond acceptors (Lipinski definition) is 9. The lowest BCUT2D eigenvalue weighted by Gasteiger charge is -2.24. The number of ketones is 1. The maximum atomic E-state index is 13.7. The van der Waals surface area contributed by atoms with Crippen molar-refractivity contribution in [3.8, 4) is 23.0 Å². The molecule has 0 spiro atoms. The van der Waals surface area contributed by atoms with Gasteiger partial charge < -0.3 is 24.1 Å². The van der Waals surface area contributed by atoms with E-state index in [0.717, 1.165) is 16.7 Å². The Balaban J connectivity index is 1.53. The van der Waals surface area contributed by atoms with E-state index in [9.17, 15) is 14.7 Å². The van der Waals surface area contributed by atoms with Gasteiger partial charge in [-0.1, -0.05) is 30.4 Å². The van der Waals surface area contributed by atoms with E-state index < -0.39 is 17.7 Å². The van der Waals surface area contributed by atoms with Crippen molar-refractivity contribution in [2.24, 2.45) is 0 Å². The van der Waals surface area contributed by atoms with E-state index in [-0.39, 0.29) is 11.3 Å². The summed E-state index contributed by atoms with van der Waals surface area (Å²) in [6.45, 7) is 7.55. The maximum Gasteiger partial charge on any atom is 0.301 e. The van der Waals surface area contributed by atoms with Crippen LogP contribution in [-0.4, -0.2) is 48.2 Å². The standard InChI is InChI=1S/C32H30N2O7S/c1-4-12-39-22-10-7-19(16-24(22)38-5-2)28-27(29(35)20-8-11-23-25(17-20)41-14-13-40-23)30(36)31(37)34(28)32-33-21-9-6-18(3)15-26(21)42-32/h6-11,15-17,28,35H,4-5,12-14H2,1-3H3/b29-27+/t28-/m0/s1. The van der Waals surface area contributed by atoms with Gasteiger partial charge >= 0.3 is 5.91 Å². The lowest BCUT2D eigenvalue weighted by molar-refractivity contribution is -0.132. The number of aliphatic hydroxyl groups excluding tert-OH is 1. The van der Waals surface area contributed by atoms with E-state index in [0.29, 0.717) is 71.2 Å². The van der Waals surface area contributed by atoms with Crippen LogP contribution in [-0.2, 0) is 9.59 Å². The summed E-state index contributed by atoms with van der Waals surface area (Å²) < 4.78 is 24.0. The Morgan fingerprint density at radius 1 is 1.00 bits per heavy atom. The molecule has 1 N–H and O–H groups in total. The van der Waals surface area contributed by atoms with Crippen molar-refractivity contribution in [3.05, 3.63) is 76.9 Å². The molecule has 1 fully saturated rings. The molecule has 1 aromatic heterocycles. The van der Waals surface area contributed by atoms with Gasteiger partial charge in [-0.3, -0.25) is 14.5 Å². The predicted octanol–water partition coefficient (Wildman–Crippen LogP) is 6.19. The highest BCUT2D eigenvalue weighted by Gasteiger charge is 2.48. The molecule has 2 aliphatic rings. The number of nitrogens with zero attached hydrogens (tertiary/aromatic N) is 2. The zero-order valence-electron chi connectivity index (χ0n) is 23.5. The first kappa shape index (κ1) is 27.6. The van der Waals surface area contributed by atoms with Crippen molar-refractivity contribution in [2.45, 2.75) is 33.2 Å². The van der Waals surface area contributed by atoms with Crippen LogP contribution in [0.25, 0.3) is 16.0 Å². The van der Waals surface area contributed by atoms with Gasteiger partial charge in [0.05, 0.1) is 35.0 Å². The van der Waals surface area contributed by atoms with E-state index in [1.165, 1.54) is 16.2 Å². The Morgan fingerprint density at radius 3 is 2.60 bits per heavy atom. The van der Waals surface area contributed by atoms with Gasteiger partial charge in [-0.05, 0) is 73.9 Å². The highest BCUT2D eigenvalue weighted by molar-refractivity contribution is 7.22. The van der Waals surface area contributed by atoms with Gasteiger partial charge in [-0.2, -0.15) is 0 Å². The largest absolute Gasteiger partial charge is 0.507 e. The molecule has 0 bridgehead atoms. The monoisotopic (exact) mass is 586 g/mol. The molecule has 1 saturated heterocycles. The summed E-state index contributed by atoms with van der Waals surface area (Å²) in [4.78, 5) is 33.5. The van der Waals surface area contributed by atoms with Crippen LogP contribution >= 0.6 is 11.3 Å². The van der Waals surface area contributed by atoms with Crippen molar-refractivity contribution in [1.82, 2.24) is 4.98 Å². The zero-order chi connectivity index (χ0) is 29.4. The Kier molecular flexibility index (Phi) is 7.47. The van der Waals surface area contributed by atoms with E-state index in [1.54, 1.807) is 36.4 Å². The number of thiazole rings is 1. The van der Waals surface area contributed by atoms with Crippen molar-refractivity contribution in [1.29, 1.82) is 0 Å². The molecule has 9 nitrogen and oxygen atoms in total. The Bertz CT molecular complexity index is 1730. The first-order chi connectivity index (χ1) is 20.4. The van der Waals surface area contributed by atoms with Crippen LogP contribution in [0.4, 0.5) is 5.13 Å². The molecule has 0 radical (unpaired) electrons. The van der Waals surface area contributed by atoms with Crippen LogP contribution in [0.3, 0.4) is 0 Å². The number of aliphatic hydroxyl groups is 1. The highest BCUT2D eigenvalue weighted by atomic mass is 32.1. The number of rotatable bonds is 8. The maximum absolute atomic E-state index is 13.7. The van der Waals surface area contributed by atoms with Crippen LogP contribution in [0, 0.1) is 6.92 Å². The van der Waals surface area contributed by atoms with Crippen molar-refractivity contribution >= 4 is 44.1 Å². The molecule has 10 heteroatoms. The number of anilines is 1. The molecule has 42 heavy (non-hydrogen) atoms. The second-order valence-electron chi connectivity index (χ2n) is 9.98. The Hall–Kier alpha value is -4.57. The topological polar surface area (TPSA) is 107 Å². The summed E-state index contributed by atoms with van der Waals surface area (Å²) in [5, 5.41) is 12.0. The Morgan fingerprint density at radius 2 is 1.81 bits per heavy atom. The lowest BCUT2D eigenvalue weighted by Crippen LogP contribution is -2.29. The summed E-state index contributed by atoms with van der Waals surface area (Å²) >= 11 is 1.31. The number of carbonyl (C=O) groups is 2. The van der Waals surface area contributed by atoms with Gasteiger partial charge in [0.2, 0.25) is 0 Å². The third-order valence-electron chi connectivity index (χ3n) is 7.04. The molecule has 1 atom stereocenters. The minimum absolute atomic E-state index is 0.0585. The number of fused-ring (bicyclic) bond motifs is 2. The fourth-order valence-electron chi connectivity index (χ4n) is 5.11. The molecule has 0 unspecified atom stereocenters. The van der Waals surface area contributed by atoms with Gasteiger partial charge in [-0.15, -0.1) is 0 Å². The highest BCUT2D eigenvalue weighted by Crippen LogP contribution is 2.46. The van der Waals surface area contributed by atoms with Crippen molar-refractivity contribution in [2.75, 3.05) is 31.3 Å². The van der Waals surface area contributed by atoms with E-state index in [2.05, 4.69) is 0 Å². The summed E-state index contributed by atoms with van der Waals surface area (Å²) in [6.07, 6.45) is 0.820. The van der Waals surface area contributed by atoms with Gasteiger partial charge in [0, 0.05) is 5.56 Å². The summed E-state index contributed by atoms with van der Waals surface area (Å²) in [6, 6.07) is 15.1. The molecule has 3 heterocycles. The normalized spacial score (nSPS) is 17.6. The van der Waals surface area contributed by atoms with E-state index in [4.69, 9.17) is 23.9 Å². The molecule has 0 aliphatic carbocycles. The molecule has 216 valence electrons. The minimum Gasteiger partial charge on any atom is -0.507 e. The fraction of sp³-hybridized carbons (Fsp3) is 0.281. The summed E-state index contributed by atoms with van der Waals surface area (Å²) in [5.41, 5.74) is 2.60. The van der Waals surface area contributed by atoms with Gasteiger partial charge in [0.25, 0.3) is 5.78 Å². The first-order valence-corrected chi connectivity index (χ1v) is 14.7.